The van der Waals surface area contributed by atoms with E-state index in [1.165, 1.54) is 31.5 Å². The number of benzene rings is 1. The fourth-order valence-corrected chi connectivity index (χ4v) is 2.35. The molecule has 154 valence electrons. The molecule has 1 aromatic carbocycles. The van der Waals surface area contributed by atoms with Crippen LogP contribution >= 0.6 is 0 Å². The third kappa shape index (κ3) is 5.86. The van der Waals surface area contributed by atoms with Gasteiger partial charge >= 0.3 is 11.4 Å². The fraction of sp³-hybridized carbons (Fsp3) is 0.333. The monoisotopic (exact) mass is 403 g/mol. The van der Waals surface area contributed by atoms with Gasteiger partial charge in [0.25, 0.3) is 5.91 Å². The molecule has 0 unspecified atom stereocenters. The Kier molecular flexibility index (Phi) is 7.40. The first-order valence-electron chi connectivity index (χ1n) is 8.76. The van der Waals surface area contributed by atoms with Gasteiger partial charge in [-0.05, 0) is 25.5 Å². The number of nitro groups is 1. The van der Waals surface area contributed by atoms with Crippen molar-refractivity contribution < 1.29 is 19.2 Å². The van der Waals surface area contributed by atoms with Crippen LogP contribution in [-0.4, -0.2) is 40.7 Å². The highest BCUT2D eigenvalue weighted by atomic mass is 16.6. The second-order valence-corrected chi connectivity index (χ2v) is 5.98. The standard InChI is InChI=1S/C18H21N5O6/c1-4-5-6-29-16-14(23(26)27)8-12(9-15(16)28-3)10-19-22-17(24)13-7-11(2)20-18(25)21-13/h7-10H,4-6H2,1-3H3,(H,22,24)(H,20,21,25)/b19-10+. The van der Waals surface area contributed by atoms with Crippen LogP contribution < -0.4 is 20.6 Å². The Morgan fingerprint density at radius 1 is 1.41 bits per heavy atom. The number of nitrogens with one attached hydrogen (secondary N) is 2. The van der Waals surface area contributed by atoms with Gasteiger partial charge in [-0.3, -0.25) is 14.9 Å². The Balaban J connectivity index is 2.23. The zero-order valence-corrected chi connectivity index (χ0v) is 16.2. The molecule has 11 heteroatoms. The number of rotatable bonds is 9. The van der Waals surface area contributed by atoms with Gasteiger partial charge in [-0.25, -0.2) is 10.2 Å². The van der Waals surface area contributed by atoms with Crippen LogP contribution in [0.1, 0.15) is 41.5 Å². The predicted molar refractivity (Wildman–Crippen MR) is 105 cm³/mol. The highest BCUT2D eigenvalue weighted by molar-refractivity contribution is 5.93. The zero-order chi connectivity index (χ0) is 21.4. The summed E-state index contributed by atoms with van der Waals surface area (Å²) in [5, 5.41) is 15.2. The number of hydrogen-bond donors (Lipinski definition) is 2. The molecule has 0 atom stereocenters. The lowest BCUT2D eigenvalue weighted by Gasteiger charge is -2.11. The third-order valence-electron chi connectivity index (χ3n) is 3.71. The number of methoxy groups -OCH3 is 1. The van der Waals surface area contributed by atoms with Crippen molar-refractivity contribution in [1.29, 1.82) is 0 Å². The molecule has 0 saturated heterocycles. The number of unbranched alkanes of at least 4 members (excludes halogenated alkanes) is 1. The van der Waals surface area contributed by atoms with Crippen molar-refractivity contribution in [3.05, 3.63) is 55.7 Å². The number of amides is 1. The average Bonchev–Trinajstić information content (AvgIpc) is 2.67. The predicted octanol–water partition coefficient (Wildman–Crippen LogP) is 1.94. The normalized spacial score (nSPS) is 10.7. The highest BCUT2D eigenvalue weighted by Crippen LogP contribution is 2.38. The molecule has 1 aromatic heterocycles. The molecule has 0 fully saturated rings. The Bertz CT molecular complexity index is 985. The lowest BCUT2D eigenvalue weighted by atomic mass is 10.2. The maximum Gasteiger partial charge on any atom is 0.345 e. The van der Waals surface area contributed by atoms with Gasteiger partial charge in [0.2, 0.25) is 5.75 Å². The molecule has 0 radical (unpaired) electrons. The number of aromatic nitrogens is 2. The van der Waals surface area contributed by atoms with Crippen molar-refractivity contribution in [2.45, 2.75) is 26.7 Å². The van der Waals surface area contributed by atoms with Crippen molar-refractivity contribution >= 4 is 17.8 Å². The van der Waals surface area contributed by atoms with Crippen LogP contribution in [0, 0.1) is 17.0 Å². The fourth-order valence-electron chi connectivity index (χ4n) is 2.35. The van der Waals surface area contributed by atoms with Gasteiger partial charge in [0.15, 0.2) is 5.75 Å². The average molecular weight is 403 g/mol. The molecule has 2 aromatic rings. The molecule has 1 amide bonds. The summed E-state index contributed by atoms with van der Waals surface area (Å²) >= 11 is 0. The topological polar surface area (TPSA) is 149 Å². The molecule has 2 rings (SSSR count). The first-order chi connectivity index (χ1) is 13.8. The molecule has 0 aliphatic carbocycles. The molecule has 0 bridgehead atoms. The van der Waals surface area contributed by atoms with E-state index in [4.69, 9.17) is 9.47 Å². The van der Waals surface area contributed by atoms with Crippen LogP contribution in [0.15, 0.2) is 28.1 Å². The Morgan fingerprint density at radius 3 is 2.79 bits per heavy atom. The highest BCUT2D eigenvalue weighted by Gasteiger charge is 2.22. The van der Waals surface area contributed by atoms with Gasteiger partial charge < -0.3 is 14.5 Å². The molecule has 29 heavy (non-hydrogen) atoms. The SMILES string of the molecule is CCCCOc1c(OC)cc(/C=N/NC(=O)c2cc(C)[nH]c(=O)n2)cc1[N+](=O)[O-]. The van der Waals surface area contributed by atoms with Crippen molar-refractivity contribution in [2.75, 3.05) is 13.7 Å². The van der Waals surface area contributed by atoms with E-state index in [2.05, 4.69) is 20.5 Å². The van der Waals surface area contributed by atoms with Crippen molar-refractivity contribution in [3.8, 4) is 11.5 Å². The maximum absolute atomic E-state index is 12.0. The van der Waals surface area contributed by atoms with Gasteiger partial charge in [0.1, 0.15) is 5.69 Å². The van der Waals surface area contributed by atoms with Gasteiger partial charge in [-0.1, -0.05) is 13.3 Å². The lowest BCUT2D eigenvalue weighted by Crippen LogP contribution is -2.24. The number of hydrazone groups is 1. The van der Waals surface area contributed by atoms with Crippen LogP contribution in [-0.2, 0) is 0 Å². The second kappa shape index (κ2) is 9.97. The zero-order valence-electron chi connectivity index (χ0n) is 16.2. The maximum atomic E-state index is 12.0. The molecular formula is C18H21N5O6. The smallest absolute Gasteiger partial charge is 0.345 e. The summed E-state index contributed by atoms with van der Waals surface area (Å²) in [5.74, 6) is -0.485. The number of H-pyrrole nitrogens is 1. The summed E-state index contributed by atoms with van der Waals surface area (Å²) in [4.78, 5) is 40.2. The summed E-state index contributed by atoms with van der Waals surface area (Å²) < 4.78 is 10.7. The van der Waals surface area contributed by atoms with Gasteiger partial charge in [-0.2, -0.15) is 10.1 Å². The van der Waals surface area contributed by atoms with E-state index in [1.807, 2.05) is 6.92 Å². The Morgan fingerprint density at radius 2 is 2.17 bits per heavy atom. The van der Waals surface area contributed by atoms with Crippen LogP contribution in [0.5, 0.6) is 11.5 Å². The second-order valence-electron chi connectivity index (χ2n) is 5.98. The van der Waals surface area contributed by atoms with Crippen molar-refractivity contribution in [2.24, 2.45) is 5.10 Å². The van der Waals surface area contributed by atoms with Crippen LogP contribution in [0.25, 0.3) is 0 Å². The number of hydrogen-bond acceptors (Lipinski definition) is 8. The first-order valence-corrected chi connectivity index (χ1v) is 8.76. The Hall–Kier alpha value is -3.76. The van der Waals surface area contributed by atoms with E-state index in [9.17, 15) is 19.7 Å². The molecule has 0 saturated carbocycles. The van der Waals surface area contributed by atoms with E-state index in [0.29, 0.717) is 17.9 Å². The minimum absolute atomic E-state index is 0.0373. The van der Waals surface area contributed by atoms with Crippen LogP contribution in [0.4, 0.5) is 5.69 Å². The largest absolute Gasteiger partial charge is 0.493 e. The van der Waals surface area contributed by atoms with E-state index in [1.54, 1.807) is 6.92 Å². The van der Waals surface area contributed by atoms with Crippen LogP contribution in [0.2, 0.25) is 0 Å². The summed E-state index contributed by atoms with van der Waals surface area (Å²) in [5.41, 5.74) is 1.96. The quantitative estimate of drug-likeness (QED) is 0.281. The molecule has 2 N–H and O–H groups in total. The number of carbonyl (C=O) groups is 1. The van der Waals surface area contributed by atoms with E-state index >= 15 is 0 Å². The van der Waals surface area contributed by atoms with Crippen molar-refractivity contribution in [3.63, 3.8) is 0 Å². The van der Waals surface area contributed by atoms with E-state index in [-0.39, 0.29) is 22.9 Å². The van der Waals surface area contributed by atoms with Gasteiger partial charge in [-0.15, -0.1) is 0 Å². The number of aromatic amines is 1. The molecule has 1 heterocycles. The number of nitrogens with zero attached hydrogens (tertiary/aromatic N) is 3. The summed E-state index contributed by atoms with van der Waals surface area (Å²) in [6.45, 7) is 3.91. The molecule has 11 nitrogen and oxygen atoms in total. The summed E-state index contributed by atoms with van der Waals surface area (Å²) in [6.07, 6.45) is 2.83. The minimum atomic E-state index is -0.698. The first kappa shape index (κ1) is 21.5. The number of nitro benzene ring substituents is 1. The van der Waals surface area contributed by atoms with Gasteiger partial charge in [0.05, 0.1) is 24.9 Å². The third-order valence-corrected chi connectivity index (χ3v) is 3.71. The van der Waals surface area contributed by atoms with E-state index in [0.717, 1.165) is 12.8 Å². The summed E-state index contributed by atoms with van der Waals surface area (Å²) in [6, 6.07) is 4.15. The minimum Gasteiger partial charge on any atom is -0.493 e. The molecule has 0 spiro atoms. The molecular weight excluding hydrogens is 382 g/mol. The lowest BCUT2D eigenvalue weighted by molar-refractivity contribution is -0.386. The molecule has 0 aliphatic rings. The van der Waals surface area contributed by atoms with Gasteiger partial charge in [0, 0.05) is 17.3 Å². The van der Waals surface area contributed by atoms with Crippen molar-refractivity contribution in [1.82, 2.24) is 15.4 Å². The number of aryl methyl sites for hydroxylation is 1. The van der Waals surface area contributed by atoms with E-state index < -0.39 is 16.5 Å². The Labute approximate surface area is 165 Å². The van der Waals surface area contributed by atoms with Crippen LogP contribution in [0.3, 0.4) is 0 Å². The number of ether oxygens (including phenoxy) is 2. The number of carbonyl (C=O) groups excluding carboxylic acids is 1. The summed E-state index contributed by atoms with van der Waals surface area (Å²) in [7, 11) is 1.37. The molecule has 0 aliphatic heterocycles.